The number of hydrogen-bond acceptors (Lipinski definition) is 2. The summed E-state index contributed by atoms with van der Waals surface area (Å²) in [5.41, 5.74) is 20.7. The van der Waals surface area contributed by atoms with E-state index in [0.29, 0.717) is 0 Å². The Hall–Kier alpha value is -9.24. The molecule has 2 nitrogen and oxygen atoms in total. The van der Waals surface area contributed by atoms with Crippen molar-refractivity contribution < 1.29 is 0 Å². The number of fused-ring (bicyclic) bond motifs is 13. The Kier molecular flexibility index (Phi) is 9.69. The summed E-state index contributed by atoms with van der Waals surface area (Å²) in [6.07, 6.45) is 0. The van der Waals surface area contributed by atoms with Gasteiger partial charge in [-0.05, 0) is 193 Å². The van der Waals surface area contributed by atoms with Crippen LogP contribution >= 0.6 is 0 Å². The zero-order valence-corrected chi connectivity index (χ0v) is 43.1. The van der Waals surface area contributed by atoms with E-state index >= 15 is 0 Å². The van der Waals surface area contributed by atoms with Crippen LogP contribution in [0.5, 0.6) is 0 Å². The Bertz CT molecular complexity index is 4540. The third-order valence-corrected chi connectivity index (χ3v) is 17.1. The summed E-state index contributed by atoms with van der Waals surface area (Å²) in [4.78, 5) is 2.43. The minimum absolute atomic E-state index is 0.209. The molecule has 0 unspecified atom stereocenters. The molecular weight excluding hydrogens is 917 g/mol. The van der Waals surface area contributed by atoms with E-state index in [0.717, 1.165) is 28.4 Å². The normalized spacial score (nSPS) is 13.7. The van der Waals surface area contributed by atoms with Crippen LogP contribution in [-0.4, -0.2) is 0 Å². The fourth-order valence-corrected chi connectivity index (χ4v) is 13.4. The summed E-state index contributed by atoms with van der Waals surface area (Å²) < 4.78 is 0. The van der Waals surface area contributed by atoms with Crippen LogP contribution < -0.4 is 10.2 Å². The molecule has 0 fully saturated rings. The standard InChI is InChI=1S/C74H54N2/c1-73(2)65-39-30-47-18-13-15-25-57(47)71(65)61-35-28-50(42-67(61)73)69-60-38-34-56(76(54-23-9-6-10-24-54)55-33-27-46-17-11-12-20-49(46)41-55)45-64(60)70(59-37-32-53(44-63(59)69)75-52-21-7-5-8-22-52)51-29-36-62-68(43-51)74(3,4)66-40-31-48-19-14-16-26-58(48)72(62)66/h5-45,75H,1-4H3. The molecule has 2 aliphatic carbocycles. The van der Waals surface area contributed by atoms with Crippen molar-refractivity contribution in [3.63, 3.8) is 0 Å². The third-order valence-electron chi connectivity index (χ3n) is 17.1. The van der Waals surface area contributed by atoms with Gasteiger partial charge in [0.2, 0.25) is 0 Å². The lowest BCUT2D eigenvalue weighted by atomic mass is 9.79. The van der Waals surface area contributed by atoms with Crippen LogP contribution in [0.2, 0.25) is 0 Å². The summed E-state index contributed by atoms with van der Waals surface area (Å²) in [6, 6.07) is 93.0. The van der Waals surface area contributed by atoms with Crippen molar-refractivity contribution in [2.45, 2.75) is 38.5 Å². The number of rotatable bonds is 7. The fraction of sp³-hybridized carbons (Fsp3) is 0.0811. The minimum atomic E-state index is -0.214. The predicted octanol–water partition coefficient (Wildman–Crippen LogP) is 20.6. The highest BCUT2D eigenvalue weighted by atomic mass is 15.1. The van der Waals surface area contributed by atoms with Gasteiger partial charge in [0, 0.05) is 39.3 Å². The van der Waals surface area contributed by atoms with Gasteiger partial charge in [0.05, 0.1) is 0 Å². The molecule has 76 heavy (non-hydrogen) atoms. The van der Waals surface area contributed by atoms with E-state index in [-0.39, 0.29) is 10.8 Å². The molecular formula is C74H54N2. The van der Waals surface area contributed by atoms with E-state index in [1.165, 1.54) is 121 Å². The quantitative estimate of drug-likeness (QED) is 0.160. The second-order valence-corrected chi connectivity index (χ2v) is 22.1. The van der Waals surface area contributed by atoms with Crippen LogP contribution in [0.15, 0.2) is 249 Å². The lowest BCUT2D eigenvalue weighted by Gasteiger charge is -2.28. The monoisotopic (exact) mass is 970 g/mol. The Morgan fingerprint density at radius 3 is 1.36 bits per heavy atom. The van der Waals surface area contributed by atoms with Crippen LogP contribution in [0, 0.1) is 0 Å². The van der Waals surface area contributed by atoms with Crippen molar-refractivity contribution in [1.82, 2.24) is 0 Å². The van der Waals surface area contributed by atoms with E-state index in [1.807, 2.05) is 0 Å². The average Bonchev–Trinajstić information content (AvgIpc) is 3.85. The summed E-state index contributed by atoms with van der Waals surface area (Å²) >= 11 is 0. The molecule has 0 aromatic heterocycles. The van der Waals surface area contributed by atoms with E-state index in [1.54, 1.807) is 0 Å². The van der Waals surface area contributed by atoms with Gasteiger partial charge in [0.25, 0.3) is 0 Å². The van der Waals surface area contributed by atoms with Crippen molar-refractivity contribution in [1.29, 1.82) is 0 Å². The first-order valence-corrected chi connectivity index (χ1v) is 26.7. The largest absolute Gasteiger partial charge is 0.356 e. The second-order valence-electron chi connectivity index (χ2n) is 22.1. The Morgan fingerprint density at radius 1 is 0.276 bits per heavy atom. The van der Waals surface area contributed by atoms with Gasteiger partial charge >= 0.3 is 0 Å². The number of nitrogens with one attached hydrogen (secondary N) is 1. The third kappa shape index (κ3) is 6.66. The van der Waals surface area contributed by atoms with Gasteiger partial charge in [-0.3, -0.25) is 0 Å². The molecule has 0 bridgehead atoms. The van der Waals surface area contributed by atoms with Crippen molar-refractivity contribution in [2.75, 3.05) is 10.2 Å². The maximum Gasteiger partial charge on any atom is 0.0468 e. The molecule has 15 rings (SSSR count). The zero-order chi connectivity index (χ0) is 50.9. The highest BCUT2D eigenvalue weighted by Crippen LogP contribution is 2.56. The van der Waals surface area contributed by atoms with Crippen molar-refractivity contribution in [2.24, 2.45) is 0 Å². The smallest absolute Gasteiger partial charge is 0.0468 e. The second kappa shape index (κ2) is 16.6. The molecule has 0 amide bonds. The van der Waals surface area contributed by atoms with Crippen molar-refractivity contribution in [3.05, 3.63) is 271 Å². The first kappa shape index (κ1) is 44.3. The Balaban J connectivity index is 1.03. The van der Waals surface area contributed by atoms with Crippen LogP contribution in [0.1, 0.15) is 49.9 Å². The zero-order valence-electron chi connectivity index (χ0n) is 43.1. The van der Waals surface area contributed by atoms with E-state index in [4.69, 9.17) is 0 Å². The summed E-state index contributed by atoms with van der Waals surface area (Å²) in [6.45, 7) is 9.63. The summed E-state index contributed by atoms with van der Waals surface area (Å²) in [5.74, 6) is 0. The van der Waals surface area contributed by atoms with E-state index < -0.39 is 0 Å². The van der Waals surface area contributed by atoms with E-state index in [9.17, 15) is 0 Å². The first-order chi connectivity index (χ1) is 37.2. The number of benzene rings is 13. The van der Waals surface area contributed by atoms with Gasteiger partial charge in [-0.2, -0.15) is 0 Å². The molecule has 2 aliphatic rings. The van der Waals surface area contributed by atoms with Gasteiger partial charge < -0.3 is 10.2 Å². The number of hydrogen-bond donors (Lipinski definition) is 1. The first-order valence-electron chi connectivity index (χ1n) is 26.7. The average molecular weight is 971 g/mol. The van der Waals surface area contributed by atoms with Gasteiger partial charge in [0.15, 0.2) is 0 Å². The highest BCUT2D eigenvalue weighted by Gasteiger charge is 2.39. The molecule has 360 valence electrons. The molecule has 13 aromatic carbocycles. The van der Waals surface area contributed by atoms with Gasteiger partial charge in [-0.1, -0.05) is 204 Å². The number of nitrogens with zero attached hydrogens (tertiary/aromatic N) is 1. The molecule has 0 aliphatic heterocycles. The van der Waals surface area contributed by atoms with Crippen LogP contribution in [0.25, 0.3) is 98.4 Å². The predicted molar refractivity (Wildman–Crippen MR) is 324 cm³/mol. The van der Waals surface area contributed by atoms with Crippen LogP contribution in [-0.2, 0) is 10.8 Å². The SMILES string of the molecule is CC1(C)c2cc(-c3c4ccc(N(c5ccccc5)c5ccc6ccccc6c5)cc4c(-c4ccc5c(c4)C(C)(C)c4ccc6ccccc6c4-5)c4ccc(Nc5ccccc5)cc34)ccc2-c2c1ccc1ccccc21. The molecule has 0 saturated heterocycles. The molecule has 0 spiro atoms. The molecule has 0 heterocycles. The van der Waals surface area contributed by atoms with Gasteiger partial charge in [-0.15, -0.1) is 0 Å². The van der Waals surface area contributed by atoms with Crippen molar-refractivity contribution >= 4 is 82.3 Å². The number of anilines is 5. The molecule has 2 heteroatoms. The summed E-state index contributed by atoms with van der Waals surface area (Å²) in [7, 11) is 0. The highest BCUT2D eigenvalue weighted by molar-refractivity contribution is 6.23. The maximum absolute atomic E-state index is 3.80. The summed E-state index contributed by atoms with van der Waals surface area (Å²) in [5, 5.41) is 16.2. The fourth-order valence-electron chi connectivity index (χ4n) is 13.4. The molecule has 13 aromatic rings. The number of para-hydroxylation sites is 2. The van der Waals surface area contributed by atoms with Gasteiger partial charge in [0.1, 0.15) is 0 Å². The minimum Gasteiger partial charge on any atom is -0.356 e. The van der Waals surface area contributed by atoms with Gasteiger partial charge in [-0.25, -0.2) is 0 Å². The molecule has 0 radical (unpaired) electrons. The lowest BCUT2D eigenvalue weighted by molar-refractivity contribution is 0.661. The van der Waals surface area contributed by atoms with Crippen LogP contribution in [0.3, 0.4) is 0 Å². The molecule has 0 saturated carbocycles. The molecule has 0 atom stereocenters. The Labute approximate surface area is 444 Å². The van der Waals surface area contributed by atoms with E-state index in [2.05, 4.69) is 287 Å². The van der Waals surface area contributed by atoms with Crippen LogP contribution in [0.4, 0.5) is 28.4 Å². The lowest BCUT2D eigenvalue weighted by Crippen LogP contribution is -2.15. The topological polar surface area (TPSA) is 15.3 Å². The van der Waals surface area contributed by atoms with Crippen molar-refractivity contribution in [3.8, 4) is 44.5 Å². The Morgan fingerprint density at radius 2 is 0.750 bits per heavy atom. The molecule has 1 N–H and O–H groups in total. The maximum atomic E-state index is 3.80.